The molecule has 1 heterocycles. The number of nitrogens with zero attached hydrogens (tertiary/aromatic N) is 2. The number of rotatable bonds is 8. The predicted molar refractivity (Wildman–Crippen MR) is 119 cm³/mol. The van der Waals surface area contributed by atoms with Gasteiger partial charge < -0.3 is 14.4 Å². The van der Waals surface area contributed by atoms with Crippen molar-refractivity contribution in [2.75, 3.05) is 31.2 Å². The van der Waals surface area contributed by atoms with E-state index in [2.05, 4.69) is 31.4 Å². The molecular weight excluding hydrogens is 434 g/mol. The summed E-state index contributed by atoms with van der Waals surface area (Å²) >= 11 is 3.51. The number of carbonyl (C=O) groups is 1. The fourth-order valence-electron chi connectivity index (χ4n) is 3.21. The molecule has 2 aromatic carbocycles. The fourth-order valence-corrected chi connectivity index (χ4v) is 3.64. The van der Waals surface area contributed by atoms with Crippen LogP contribution in [0.2, 0.25) is 0 Å². The fraction of sp³-hybridized carbons (Fsp3) is 0.364. The first-order valence-electron chi connectivity index (χ1n) is 9.90. The zero-order valence-corrected chi connectivity index (χ0v) is 18.4. The van der Waals surface area contributed by atoms with Crippen molar-refractivity contribution < 1.29 is 14.3 Å². The van der Waals surface area contributed by atoms with Gasteiger partial charge in [0.05, 0.1) is 19.4 Å². The molecule has 7 heteroatoms. The van der Waals surface area contributed by atoms with E-state index in [0.717, 1.165) is 28.8 Å². The molecule has 2 aromatic rings. The van der Waals surface area contributed by atoms with Gasteiger partial charge in [0.1, 0.15) is 0 Å². The van der Waals surface area contributed by atoms with Crippen LogP contribution in [0.1, 0.15) is 42.6 Å². The quantitative estimate of drug-likeness (QED) is 0.462. The number of halogens is 1. The van der Waals surface area contributed by atoms with Crippen LogP contribution in [0.3, 0.4) is 0 Å². The van der Waals surface area contributed by atoms with Crippen molar-refractivity contribution >= 4 is 33.7 Å². The first kappa shape index (κ1) is 21.2. The summed E-state index contributed by atoms with van der Waals surface area (Å²) in [5, 5.41) is 4.09. The SMILES string of the molecule is CCOc1cc(Br)c(/C=N\NC(=O)c2ccc(N3CCCC3)cc2)cc1OCC. The van der Waals surface area contributed by atoms with Crippen molar-refractivity contribution in [2.24, 2.45) is 5.10 Å². The summed E-state index contributed by atoms with van der Waals surface area (Å²) in [5.41, 5.74) is 5.09. The van der Waals surface area contributed by atoms with E-state index in [1.54, 1.807) is 6.21 Å². The van der Waals surface area contributed by atoms with Crippen molar-refractivity contribution in [2.45, 2.75) is 26.7 Å². The van der Waals surface area contributed by atoms with Crippen LogP contribution in [-0.2, 0) is 0 Å². The number of hydrogen-bond donors (Lipinski definition) is 1. The van der Waals surface area contributed by atoms with Gasteiger partial charge >= 0.3 is 0 Å². The molecule has 0 unspecified atom stereocenters. The highest BCUT2D eigenvalue weighted by Gasteiger charge is 2.13. The first-order valence-corrected chi connectivity index (χ1v) is 10.7. The zero-order chi connectivity index (χ0) is 20.6. The third-order valence-electron chi connectivity index (χ3n) is 4.63. The standard InChI is InChI=1S/C22H26BrN3O3/c1-3-28-20-13-17(19(23)14-21(20)29-4-2)15-24-25-22(27)16-7-9-18(10-8-16)26-11-5-6-12-26/h7-10,13-15H,3-6,11-12H2,1-2H3,(H,25,27)/b24-15-. The number of benzene rings is 2. The Bertz CT molecular complexity index is 862. The maximum absolute atomic E-state index is 12.4. The summed E-state index contributed by atoms with van der Waals surface area (Å²) in [6, 6.07) is 11.3. The third-order valence-corrected chi connectivity index (χ3v) is 5.32. The first-order chi connectivity index (χ1) is 14.1. The Hall–Kier alpha value is -2.54. The summed E-state index contributed by atoms with van der Waals surface area (Å²) in [4.78, 5) is 14.7. The number of hydrazone groups is 1. The summed E-state index contributed by atoms with van der Waals surface area (Å²) in [7, 11) is 0. The average molecular weight is 460 g/mol. The van der Waals surface area contributed by atoms with Crippen LogP contribution in [0.5, 0.6) is 11.5 Å². The maximum atomic E-state index is 12.4. The summed E-state index contributed by atoms with van der Waals surface area (Å²) in [5.74, 6) is 1.06. The number of carbonyl (C=O) groups excluding carboxylic acids is 1. The normalized spacial score (nSPS) is 13.7. The van der Waals surface area contributed by atoms with Crippen LogP contribution in [-0.4, -0.2) is 38.4 Å². The topological polar surface area (TPSA) is 63.2 Å². The Kier molecular flexibility index (Phi) is 7.52. The Balaban J connectivity index is 1.65. The Labute approximate surface area is 180 Å². The van der Waals surface area contributed by atoms with E-state index in [-0.39, 0.29) is 5.91 Å². The van der Waals surface area contributed by atoms with E-state index >= 15 is 0 Å². The van der Waals surface area contributed by atoms with E-state index in [1.165, 1.54) is 12.8 Å². The molecule has 6 nitrogen and oxygen atoms in total. The molecule has 29 heavy (non-hydrogen) atoms. The highest BCUT2D eigenvalue weighted by Crippen LogP contribution is 2.33. The van der Waals surface area contributed by atoms with Crippen molar-refractivity contribution in [1.82, 2.24) is 5.43 Å². The van der Waals surface area contributed by atoms with E-state index in [4.69, 9.17) is 9.47 Å². The van der Waals surface area contributed by atoms with Crippen molar-refractivity contribution in [1.29, 1.82) is 0 Å². The van der Waals surface area contributed by atoms with Crippen molar-refractivity contribution in [3.63, 3.8) is 0 Å². The average Bonchev–Trinajstić information content (AvgIpc) is 3.26. The molecule has 1 aliphatic rings. The number of hydrogen-bond acceptors (Lipinski definition) is 5. The predicted octanol–water partition coefficient (Wildman–Crippen LogP) is 4.61. The summed E-state index contributed by atoms with van der Waals surface area (Å²) < 4.78 is 12.0. The molecule has 1 fully saturated rings. The van der Waals surface area contributed by atoms with Gasteiger partial charge in [0, 0.05) is 34.4 Å². The van der Waals surface area contributed by atoms with Gasteiger partial charge in [0.2, 0.25) is 0 Å². The summed E-state index contributed by atoms with van der Waals surface area (Å²) in [6.07, 6.45) is 4.03. The minimum atomic E-state index is -0.249. The molecule has 154 valence electrons. The van der Waals surface area contributed by atoms with E-state index in [9.17, 15) is 4.79 Å². The highest BCUT2D eigenvalue weighted by molar-refractivity contribution is 9.10. The molecule has 1 N–H and O–H groups in total. The van der Waals surface area contributed by atoms with E-state index in [0.29, 0.717) is 30.3 Å². The Morgan fingerprint density at radius 1 is 1.10 bits per heavy atom. The van der Waals surface area contributed by atoms with Gasteiger partial charge in [-0.3, -0.25) is 4.79 Å². The third kappa shape index (κ3) is 5.50. The summed E-state index contributed by atoms with van der Waals surface area (Å²) in [6.45, 7) is 7.08. The van der Waals surface area contributed by atoms with Gasteiger partial charge in [0.15, 0.2) is 11.5 Å². The largest absolute Gasteiger partial charge is 0.490 e. The lowest BCUT2D eigenvalue weighted by Crippen LogP contribution is -2.19. The monoisotopic (exact) mass is 459 g/mol. The molecule has 3 rings (SSSR count). The molecule has 1 amide bonds. The van der Waals surface area contributed by atoms with Crippen LogP contribution in [0, 0.1) is 0 Å². The van der Waals surface area contributed by atoms with Gasteiger partial charge in [-0.05, 0) is 79.0 Å². The molecule has 0 bridgehead atoms. The molecule has 0 aromatic heterocycles. The van der Waals surface area contributed by atoms with E-state index < -0.39 is 0 Å². The Morgan fingerprint density at radius 2 is 1.72 bits per heavy atom. The highest BCUT2D eigenvalue weighted by atomic mass is 79.9. The maximum Gasteiger partial charge on any atom is 0.271 e. The number of anilines is 1. The van der Waals surface area contributed by atoms with Gasteiger partial charge in [-0.15, -0.1) is 0 Å². The van der Waals surface area contributed by atoms with Crippen molar-refractivity contribution in [3.8, 4) is 11.5 Å². The van der Waals surface area contributed by atoms with Crippen LogP contribution in [0.15, 0.2) is 46.0 Å². The lowest BCUT2D eigenvalue weighted by molar-refractivity contribution is 0.0955. The second-order valence-electron chi connectivity index (χ2n) is 6.63. The molecule has 0 radical (unpaired) electrons. The van der Waals surface area contributed by atoms with Gasteiger partial charge in [-0.2, -0.15) is 5.10 Å². The molecule has 0 aliphatic carbocycles. The lowest BCUT2D eigenvalue weighted by Gasteiger charge is -2.17. The molecule has 0 saturated carbocycles. The Morgan fingerprint density at radius 3 is 2.34 bits per heavy atom. The molecule has 1 saturated heterocycles. The second kappa shape index (κ2) is 10.3. The minimum absolute atomic E-state index is 0.249. The smallest absolute Gasteiger partial charge is 0.271 e. The number of amides is 1. The lowest BCUT2D eigenvalue weighted by atomic mass is 10.2. The van der Waals surface area contributed by atoms with Crippen molar-refractivity contribution in [3.05, 3.63) is 52.0 Å². The second-order valence-corrected chi connectivity index (χ2v) is 7.48. The molecular formula is C22H26BrN3O3. The van der Waals surface area contributed by atoms with Gasteiger partial charge in [0.25, 0.3) is 5.91 Å². The van der Waals surface area contributed by atoms with Gasteiger partial charge in [-0.1, -0.05) is 0 Å². The van der Waals surface area contributed by atoms with Crippen LogP contribution in [0.25, 0.3) is 0 Å². The number of nitrogens with one attached hydrogen (secondary N) is 1. The van der Waals surface area contributed by atoms with Crippen LogP contribution in [0.4, 0.5) is 5.69 Å². The van der Waals surface area contributed by atoms with Gasteiger partial charge in [-0.25, -0.2) is 5.43 Å². The van der Waals surface area contributed by atoms with Crippen LogP contribution < -0.4 is 19.8 Å². The zero-order valence-electron chi connectivity index (χ0n) is 16.8. The minimum Gasteiger partial charge on any atom is -0.490 e. The molecule has 0 atom stereocenters. The number of ether oxygens (including phenoxy) is 2. The van der Waals surface area contributed by atoms with Crippen LogP contribution >= 0.6 is 15.9 Å². The molecule has 0 spiro atoms. The van der Waals surface area contributed by atoms with E-state index in [1.807, 2.05) is 50.2 Å². The molecule has 1 aliphatic heterocycles.